The predicted octanol–water partition coefficient (Wildman–Crippen LogP) is 1.96. The molecule has 0 radical (unpaired) electrons. The molecule has 3 aromatic rings. The van der Waals surface area contributed by atoms with E-state index < -0.39 is 5.60 Å². The van der Waals surface area contributed by atoms with Crippen molar-refractivity contribution in [2.24, 2.45) is 0 Å². The van der Waals surface area contributed by atoms with Crippen molar-refractivity contribution in [3.63, 3.8) is 0 Å². The molecule has 160 valence electrons. The normalized spacial score (nSPS) is 21.8. The van der Waals surface area contributed by atoms with Crippen molar-refractivity contribution in [2.45, 2.75) is 44.4 Å². The van der Waals surface area contributed by atoms with Crippen LogP contribution in [0.4, 0.5) is 11.6 Å². The van der Waals surface area contributed by atoms with E-state index in [2.05, 4.69) is 47.0 Å². The molecule has 5 N–H and O–H groups in total. The van der Waals surface area contributed by atoms with Crippen LogP contribution in [0.15, 0.2) is 42.6 Å². The van der Waals surface area contributed by atoms with Crippen molar-refractivity contribution in [3.8, 4) is 0 Å². The topological polar surface area (TPSA) is 107 Å². The molecule has 8 nitrogen and oxygen atoms in total. The Morgan fingerprint density at radius 1 is 1.30 bits per heavy atom. The number of fused-ring (bicyclic) bond motifs is 1. The summed E-state index contributed by atoms with van der Waals surface area (Å²) in [6, 6.07) is 11.7. The molecule has 8 heteroatoms. The van der Waals surface area contributed by atoms with E-state index in [1.165, 1.54) is 5.56 Å². The van der Waals surface area contributed by atoms with Crippen LogP contribution in [0.3, 0.4) is 0 Å². The zero-order valence-electron chi connectivity index (χ0n) is 17.5. The fourth-order valence-corrected chi connectivity index (χ4v) is 3.84. The minimum Gasteiger partial charge on any atom is -0.393 e. The van der Waals surface area contributed by atoms with Crippen molar-refractivity contribution in [3.05, 3.63) is 53.7 Å². The Bertz CT molecular complexity index is 990. The summed E-state index contributed by atoms with van der Waals surface area (Å²) in [5, 5.41) is 35.2. The SMILES string of the molecule is CC(C)c1cnn2c(NCc3ccccc3)cc(NC3CNCC[C@]3(O)CO)nc12. The molecule has 1 aliphatic rings. The highest BCUT2D eigenvalue weighted by molar-refractivity contribution is 5.61. The molecule has 1 unspecified atom stereocenters. The molecule has 0 amide bonds. The van der Waals surface area contributed by atoms with Gasteiger partial charge in [0.2, 0.25) is 0 Å². The van der Waals surface area contributed by atoms with Gasteiger partial charge in [-0.05, 0) is 24.4 Å². The molecule has 2 atom stereocenters. The number of hydrogen-bond acceptors (Lipinski definition) is 7. The summed E-state index contributed by atoms with van der Waals surface area (Å²) in [5.41, 5.74) is 1.82. The second kappa shape index (κ2) is 8.59. The van der Waals surface area contributed by atoms with Gasteiger partial charge in [-0.25, -0.2) is 4.98 Å². The minimum atomic E-state index is -1.18. The van der Waals surface area contributed by atoms with Gasteiger partial charge in [0.1, 0.15) is 17.2 Å². The maximum atomic E-state index is 10.8. The van der Waals surface area contributed by atoms with E-state index in [1.54, 1.807) is 0 Å². The van der Waals surface area contributed by atoms with Gasteiger partial charge in [0, 0.05) is 24.7 Å². The van der Waals surface area contributed by atoms with E-state index in [9.17, 15) is 10.2 Å². The van der Waals surface area contributed by atoms with E-state index in [0.29, 0.717) is 31.9 Å². The van der Waals surface area contributed by atoms with Crippen molar-refractivity contribution in [1.29, 1.82) is 0 Å². The van der Waals surface area contributed by atoms with Crippen molar-refractivity contribution in [2.75, 3.05) is 30.3 Å². The Balaban J connectivity index is 1.67. The highest BCUT2D eigenvalue weighted by Crippen LogP contribution is 2.27. The number of anilines is 2. The zero-order chi connectivity index (χ0) is 21.1. The highest BCUT2D eigenvalue weighted by atomic mass is 16.3. The van der Waals surface area contributed by atoms with E-state index in [1.807, 2.05) is 35.0 Å². The van der Waals surface area contributed by atoms with Gasteiger partial charge in [0.05, 0.1) is 18.8 Å². The molecular weight excluding hydrogens is 380 g/mol. The molecule has 0 bridgehead atoms. The molecule has 1 fully saturated rings. The smallest absolute Gasteiger partial charge is 0.163 e. The van der Waals surface area contributed by atoms with Crippen LogP contribution >= 0.6 is 0 Å². The van der Waals surface area contributed by atoms with Gasteiger partial charge in [-0.3, -0.25) is 0 Å². The predicted molar refractivity (Wildman–Crippen MR) is 118 cm³/mol. The first-order valence-corrected chi connectivity index (χ1v) is 10.5. The van der Waals surface area contributed by atoms with Gasteiger partial charge in [-0.15, -0.1) is 0 Å². The van der Waals surface area contributed by atoms with Crippen LogP contribution in [0.2, 0.25) is 0 Å². The average Bonchev–Trinajstić information content (AvgIpc) is 3.19. The molecule has 1 aliphatic heterocycles. The van der Waals surface area contributed by atoms with Gasteiger partial charge in [-0.1, -0.05) is 44.2 Å². The van der Waals surface area contributed by atoms with Crippen LogP contribution in [0.1, 0.15) is 37.3 Å². The lowest BCUT2D eigenvalue weighted by atomic mass is 9.88. The van der Waals surface area contributed by atoms with E-state index in [0.717, 1.165) is 17.0 Å². The summed E-state index contributed by atoms with van der Waals surface area (Å²) in [4.78, 5) is 4.79. The van der Waals surface area contributed by atoms with Crippen molar-refractivity contribution < 1.29 is 10.2 Å². The lowest BCUT2D eigenvalue weighted by molar-refractivity contribution is -0.0458. The first kappa shape index (κ1) is 20.6. The molecule has 0 spiro atoms. The van der Waals surface area contributed by atoms with E-state index >= 15 is 0 Å². The van der Waals surface area contributed by atoms with Gasteiger partial charge in [0.25, 0.3) is 0 Å². The van der Waals surface area contributed by atoms with E-state index in [-0.39, 0.29) is 18.6 Å². The Hall–Kier alpha value is -2.68. The molecule has 0 aliphatic carbocycles. The van der Waals surface area contributed by atoms with Gasteiger partial charge < -0.3 is 26.2 Å². The van der Waals surface area contributed by atoms with Crippen LogP contribution in [0.25, 0.3) is 5.65 Å². The van der Waals surface area contributed by atoms with Crippen LogP contribution in [-0.4, -0.2) is 56.2 Å². The minimum absolute atomic E-state index is 0.276. The molecule has 30 heavy (non-hydrogen) atoms. The van der Waals surface area contributed by atoms with Gasteiger partial charge >= 0.3 is 0 Å². The molecule has 2 aromatic heterocycles. The number of aliphatic hydroxyl groups excluding tert-OH is 1. The number of aliphatic hydroxyl groups is 2. The van der Waals surface area contributed by atoms with Crippen LogP contribution < -0.4 is 16.0 Å². The Kier molecular flexibility index (Phi) is 5.90. The largest absolute Gasteiger partial charge is 0.393 e. The third-order valence-corrected chi connectivity index (χ3v) is 5.77. The van der Waals surface area contributed by atoms with Crippen LogP contribution in [0.5, 0.6) is 0 Å². The number of hydrogen-bond donors (Lipinski definition) is 5. The van der Waals surface area contributed by atoms with Crippen LogP contribution in [0, 0.1) is 0 Å². The van der Waals surface area contributed by atoms with Crippen molar-refractivity contribution >= 4 is 17.3 Å². The van der Waals surface area contributed by atoms with Gasteiger partial charge in [0.15, 0.2) is 5.65 Å². The lowest BCUT2D eigenvalue weighted by Gasteiger charge is -2.39. The third kappa shape index (κ3) is 4.12. The lowest BCUT2D eigenvalue weighted by Crippen LogP contribution is -2.59. The quantitative estimate of drug-likeness (QED) is 0.405. The Morgan fingerprint density at radius 2 is 2.10 bits per heavy atom. The number of benzene rings is 1. The Morgan fingerprint density at radius 3 is 2.83 bits per heavy atom. The number of aromatic nitrogens is 3. The van der Waals surface area contributed by atoms with Crippen molar-refractivity contribution in [1.82, 2.24) is 19.9 Å². The summed E-state index contributed by atoms with van der Waals surface area (Å²) < 4.78 is 1.82. The number of piperidine rings is 1. The molecule has 1 aromatic carbocycles. The summed E-state index contributed by atoms with van der Waals surface area (Å²) in [5.74, 6) is 1.73. The highest BCUT2D eigenvalue weighted by Gasteiger charge is 2.38. The molecule has 0 saturated carbocycles. The van der Waals surface area contributed by atoms with Crippen LogP contribution in [-0.2, 0) is 6.54 Å². The summed E-state index contributed by atoms with van der Waals surface area (Å²) in [7, 11) is 0. The number of nitrogens with zero attached hydrogens (tertiary/aromatic N) is 3. The first-order valence-electron chi connectivity index (χ1n) is 10.5. The summed E-state index contributed by atoms with van der Waals surface area (Å²) in [6.45, 7) is 5.81. The maximum Gasteiger partial charge on any atom is 0.163 e. The first-order chi connectivity index (χ1) is 14.5. The molecule has 4 rings (SSSR count). The third-order valence-electron chi connectivity index (χ3n) is 5.77. The fraction of sp³-hybridized carbons (Fsp3) is 0.455. The summed E-state index contributed by atoms with van der Waals surface area (Å²) in [6.07, 6.45) is 2.34. The standard InChI is InChI=1S/C22H30N6O2/c1-15(2)17-12-25-28-20(24-11-16-6-4-3-5-7-16)10-19(27-21(17)28)26-18-13-23-9-8-22(18,30)14-29/h3-7,10,12,15,18,23-24,29-30H,8-9,11,13-14H2,1-2H3,(H,26,27)/t18?,22-/m0/s1. The number of rotatable bonds is 7. The maximum absolute atomic E-state index is 10.8. The second-order valence-corrected chi connectivity index (χ2v) is 8.27. The van der Waals surface area contributed by atoms with E-state index in [4.69, 9.17) is 4.98 Å². The average molecular weight is 411 g/mol. The summed E-state index contributed by atoms with van der Waals surface area (Å²) >= 11 is 0. The molecule has 1 saturated heterocycles. The number of nitrogens with one attached hydrogen (secondary N) is 3. The second-order valence-electron chi connectivity index (χ2n) is 8.27. The Labute approximate surface area is 176 Å². The molecule has 3 heterocycles. The fourth-order valence-electron chi connectivity index (χ4n) is 3.84. The monoisotopic (exact) mass is 410 g/mol. The molecular formula is C22H30N6O2. The van der Waals surface area contributed by atoms with Gasteiger partial charge in [-0.2, -0.15) is 9.61 Å². The zero-order valence-corrected chi connectivity index (χ0v) is 17.5.